The highest BCUT2D eigenvalue weighted by Crippen LogP contribution is 2.41. The van der Waals surface area contributed by atoms with Gasteiger partial charge in [0, 0.05) is 28.6 Å². The zero-order valence-electron chi connectivity index (χ0n) is 20.9. The number of rotatable bonds is 6. The monoisotopic (exact) mass is 491 g/mol. The predicted octanol–water partition coefficient (Wildman–Crippen LogP) is 3.55. The highest BCUT2D eigenvalue weighted by Gasteiger charge is 2.45. The van der Waals surface area contributed by atoms with Crippen molar-refractivity contribution in [2.24, 2.45) is 0 Å². The molecule has 0 amide bonds. The van der Waals surface area contributed by atoms with Gasteiger partial charge in [-0.1, -0.05) is 6.92 Å². The molecular weight excluding hydrogens is 461 g/mol. The van der Waals surface area contributed by atoms with Crippen molar-refractivity contribution in [1.29, 1.82) is 0 Å². The molecule has 1 fully saturated rings. The Hall–Kier alpha value is -3.10. The van der Waals surface area contributed by atoms with Crippen molar-refractivity contribution in [3.8, 4) is 11.4 Å². The van der Waals surface area contributed by atoms with Crippen LogP contribution >= 0.6 is 0 Å². The first kappa shape index (κ1) is 23.3. The van der Waals surface area contributed by atoms with Crippen LogP contribution in [0.1, 0.15) is 60.4 Å². The quantitative estimate of drug-likeness (QED) is 0.415. The lowest BCUT2D eigenvalue weighted by Crippen LogP contribution is -2.44. The molecule has 1 atom stereocenters. The van der Waals surface area contributed by atoms with E-state index in [-0.39, 0.29) is 30.0 Å². The van der Waals surface area contributed by atoms with Gasteiger partial charge in [0.25, 0.3) is 5.56 Å². The first-order valence-corrected chi connectivity index (χ1v) is 12.7. The molecule has 1 N–H and O–H groups in total. The minimum Gasteiger partial charge on any atom is -0.458 e. The van der Waals surface area contributed by atoms with E-state index in [0.717, 1.165) is 35.9 Å². The van der Waals surface area contributed by atoms with Crippen LogP contribution in [-0.4, -0.2) is 45.2 Å². The molecule has 3 aliphatic rings. The Labute approximate surface area is 208 Å². The van der Waals surface area contributed by atoms with Gasteiger partial charge in [0.15, 0.2) is 5.60 Å². The number of cyclic esters (lactones) is 1. The molecule has 0 saturated heterocycles. The summed E-state index contributed by atoms with van der Waals surface area (Å²) in [6.45, 7) is 4.59. The van der Waals surface area contributed by atoms with E-state index < -0.39 is 11.6 Å². The van der Waals surface area contributed by atoms with E-state index in [4.69, 9.17) is 9.72 Å². The summed E-state index contributed by atoms with van der Waals surface area (Å²) in [4.78, 5) is 33.2. The summed E-state index contributed by atoms with van der Waals surface area (Å²) in [5.41, 5.74) is 2.74. The first-order chi connectivity index (χ1) is 17.2. The van der Waals surface area contributed by atoms with Crippen molar-refractivity contribution in [1.82, 2.24) is 14.5 Å². The third kappa shape index (κ3) is 3.42. The molecule has 2 aliphatic heterocycles. The van der Waals surface area contributed by atoms with E-state index in [9.17, 15) is 19.1 Å². The third-order valence-electron chi connectivity index (χ3n) is 8.19. The fourth-order valence-corrected chi connectivity index (χ4v) is 5.78. The second kappa shape index (κ2) is 8.21. The third-order valence-corrected chi connectivity index (χ3v) is 8.19. The van der Waals surface area contributed by atoms with Gasteiger partial charge in [-0.3, -0.25) is 4.79 Å². The van der Waals surface area contributed by atoms with Gasteiger partial charge in [-0.2, -0.15) is 0 Å². The normalized spacial score (nSPS) is 20.4. The average Bonchev–Trinajstić information content (AvgIpc) is 3.65. The van der Waals surface area contributed by atoms with E-state index in [1.807, 2.05) is 6.07 Å². The van der Waals surface area contributed by atoms with Gasteiger partial charge < -0.3 is 19.3 Å². The van der Waals surface area contributed by atoms with Crippen molar-refractivity contribution in [3.05, 3.63) is 62.2 Å². The average molecular weight is 492 g/mol. The molecule has 0 unspecified atom stereocenters. The molecule has 36 heavy (non-hydrogen) atoms. The second-order valence-electron chi connectivity index (χ2n) is 10.5. The van der Waals surface area contributed by atoms with Crippen molar-refractivity contribution in [2.45, 2.75) is 70.7 Å². The fraction of sp³-hybridized carbons (Fsp3) is 0.464. The maximum atomic E-state index is 14.6. The number of aryl methyl sites for hydroxylation is 2. The van der Waals surface area contributed by atoms with Crippen molar-refractivity contribution in [2.75, 3.05) is 13.6 Å². The highest BCUT2D eigenvalue weighted by molar-refractivity contribution is 5.89. The molecule has 8 heteroatoms. The number of halogens is 1. The van der Waals surface area contributed by atoms with Crippen LogP contribution in [0.3, 0.4) is 0 Å². The smallest absolute Gasteiger partial charge is 0.343 e. The standard InChI is InChI=1S/C28H30FN3O4/c1-4-28(35)21-11-24-25-19(13-32(24)26(33)20(21)14-36-27(28)34)17(6-5-9-31(3)16-7-8-16)18-10-15(2)22(29)12-23(18)30-25/h10-12,16,35H,4-9,13-14H2,1-3H3/t28-/m0/s1. The molecule has 3 aromatic rings. The number of nitrogens with zero attached hydrogens (tertiary/aromatic N) is 3. The molecule has 1 aromatic carbocycles. The van der Waals surface area contributed by atoms with Gasteiger partial charge in [0.05, 0.1) is 29.0 Å². The van der Waals surface area contributed by atoms with Gasteiger partial charge >= 0.3 is 5.97 Å². The first-order valence-electron chi connectivity index (χ1n) is 12.7. The van der Waals surface area contributed by atoms with E-state index in [0.29, 0.717) is 40.6 Å². The van der Waals surface area contributed by atoms with Gasteiger partial charge in [-0.25, -0.2) is 14.2 Å². The molecule has 0 spiro atoms. The Bertz CT molecular complexity index is 1490. The number of esters is 1. The molecule has 1 saturated carbocycles. The summed E-state index contributed by atoms with van der Waals surface area (Å²) in [5.74, 6) is -1.07. The van der Waals surface area contributed by atoms with E-state index in [1.54, 1.807) is 24.5 Å². The Morgan fingerprint density at radius 1 is 1.25 bits per heavy atom. The minimum atomic E-state index is -1.87. The molecule has 0 bridgehead atoms. The van der Waals surface area contributed by atoms with Gasteiger partial charge in [-0.15, -0.1) is 0 Å². The molecule has 1 aliphatic carbocycles. The lowest BCUT2D eigenvalue weighted by Gasteiger charge is -2.31. The largest absolute Gasteiger partial charge is 0.458 e. The van der Waals surface area contributed by atoms with E-state index in [1.165, 1.54) is 18.9 Å². The molecular formula is C28H30FN3O4. The van der Waals surface area contributed by atoms with Crippen LogP contribution in [0.5, 0.6) is 0 Å². The number of benzene rings is 1. The number of pyridine rings is 2. The zero-order chi connectivity index (χ0) is 25.4. The molecule has 2 aromatic heterocycles. The summed E-state index contributed by atoms with van der Waals surface area (Å²) in [5, 5.41) is 12.0. The van der Waals surface area contributed by atoms with Gasteiger partial charge in [0.2, 0.25) is 0 Å². The van der Waals surface area contributed by atoms with Gasteiger partial charge in [-0.05, 0) is 75.9 Å². The molecule has 0 radical (unpaired) electrons. The Kier molecular flexibility index (Phi) is 5.32. The van der Waals surface area contributed by atoms with E-state index >= 15 is 0 Å². The van der Waals surface area contributed by atoms with E-state index in [2.05, 4.69) is 11.9 Å². The second-order valence-corrected chi connectivity index (χ2v) is 10.5. The SMILES string of the molecule is CC[C@@]1(O)C(=O)OCc2c1cc1n(c2=O)Cc2c-1nc1cc(F)c(C)cc1c2CCCN(C)C1CC1. The topological polar surface area (TPSA) is 84.7 Å². The molecule has 188 valence electrons. The minimum absolute atomic E-state index is 0.0873. The predicted molar refractivity (Wildman–Crippen MR) is 133 cm³/mol. The van der Waals surface area contributed by atoms with Crippen molar-refractivity contribution < 1.29 is 19.0 Å². The van der Waals surface area contributed by atoms with Crippen LogP contribution in [0.25, 0.3) is 22.3 Å². The number of hydrogen-bond acceptors (Lipinski definition) is 6. The van der Waals surface area contributed by atoms with Crippen molar-refractivity contribution in [3.63, 3.8) is 0 Å². The number of aliphatic hydroxyl groups is 1. The Morgan fingerprint density at radius 2 is 2.03 bits per heavy atom. The highest BCUT2D eigenvalue weighted by atomic mass is 19.1. The van der Waals surface area contributed by atoms with Crippen molar-refractivity contribution >= 4 is 16.9 Å². The zero-order valence-corrected chi connectivity index (χ0v) is 20.9. The van der Waals surface area contributed by atoms with Crippen LogP contribution in [0.4, 0.5) is 4.39 Å². The fourth-order valence-electron chi connectivity index (χ4n) is 5.78. The summed E-state index contributed by atoms with van der Waals surface area (Å²) in [7, 11) is 2.16. The number of fused-ring (bicyclic) bond motifs is 5. The summed E-state index contributed by atoms with van der Waals surface area (Å²) >= 11 is 0. The number of aromatic nitrogens is 2. The number of carbonyl (C=O) groups is 1. The summed E-state index contributed by atoms with van der Waals surface area (Å²) < 4.78 is 21.4. The van der Waals surface area contributed by atoms with Crippen LogP contribution < -0.4 is 5.56 Å². The Morgan fingerprint density at radius 3 is 2.75 bits per heavy atom. The molecule has 6 rings (SSSR count). The lowest BCUT2D eigenvalue weighted by molar-refractivity contribution is -0.172. The Balaban J connectivity index is 1.51. The van der Waals surface area contributed by atoms with Crippen LogP contribution in [0.2, 0.25) is 0 Å². The number of ether oxygens (including phenoxy) is 1. The summed E-state index contributed by atoms with van der Waals surface area (Å²) in [6.07, 6.45) is 4.31. The molecule has 7 nitrogen and oxygen atoms in total. The van der Waals surface area contributed by atoms with Crippen LogP contribution in [0, 0.1) is 12.7 Å². The lowest BCUT2D eigenvalue weighted by atomic mass is 9.86. The maximum Gasteiger partial charge on any atom is 0.343 e. The van der Waals surface area contributed by atoms with Crippen LogP contribution in [0.15, 0.2) is 23.0 Å². The maximum absolute atomic E-state index is 14.6. The number of carbonyl (C=O) groups excluding carboxylic acids is 1. The number of hydrogen-bond donors (Lipinski definition) is 1. The summed E-state index contributed by atoms with van der Waals surface area (Å²) in [6, 6.07) is 5.71. The molecule has 4 heterocycles. The van der Waals surface area contributed by atoms with Crippen LogP contribution in [-0.2, 0) is 34.7 Å². The van der Waals surface area contributed by atoms with Gasteiger partial charge in [0.1, 0.15) is 12.4 Å².